The van der Waals surface area contributed by atoms with Crippen LogP contribution in [0.3, 0.4) is 0 Å². The average Bonchev–Trinajstić information content (AvgIpc) is 3.25. The van der Waals surface area contributed by atoms with Gasteiger partial charge >= 0.3 is 6.09 Å². The van der Waals surface area contributed by atoms with E-state index in [0.29, 0.717) is 37.4 Å². The molecule has 4 rings (SSSR count). The Hall–Kier alpha value is -3.75. The molecule has 0 radical (unpaired) electrons. The van der Waals surface area contributed by atoms with E-state index in [1.807, 2.05) is 69.9 Å². The zero-order chi connectivity index (χ0) is 29.7. The van der Waals surface area contributed by atoms with E-state index >= 15 is 0 Å². The number of carbonyl (C=O) groups is 3. The Morgan fingerprint density at radius 1 is 1.02 bits per heavy atom. The van der Waals surface area contributed by atoms with Crippen LogP contribution in [0, 0.1) is 19.8 Å². The molecule has 0 spiro atoms. The fourth-order valence-corrected chi connectivity index (χ4v) is 5.52. The minimum Gasteiger partial charge on any atom is -0.496 e. The highest BCUT2D eigenvalue weighted by Crippen LogP contribution is 2.36. The summed E-state index contributed by atoms with van der Waals surface area (Å²) in [6, 6.07) is 9.59. The second-order valence-corrected chi connectivity index (χ2v) is 12.0. The topological polar surface area (TPSA) is 106 Å². The van der Waals surface area contributed by atoms with Gasteiger partial charge in [0.2, 0.25) is 5.91 Å². The van der Waals surface area contributed by atoms with Gasteiger partial charge in [0.1, 0.15) is 17.1 Å². The van der Waals surface area contributed by atoms with Crippen LogP contribution < -0.4 is 20.1 Å². The van der Waals surface area contributed by atoms with E-state index in [0.717, 1.165) is 53.8 Å². The van der Waals surface area contributed by atoms with Crippen molar-refractivity contribution in [2.75, 3.05) is 25.6 Å². The van der Waals surface area contributed by atoms with Gasteiger partial charge in [0.25, 0.3) is 5.91 Å². The predicted octanol–water partition coefficient (Wildman–Crippen LogP) is 5.76. The summed E-state index contributed by atoms with van der Waals surface area (Å²) in [5.41, 5.74) is 3.98. The molecule has 0 unspecified atom stereocenters. The quantitative estimate of drug-likeness (QED) is 0.375. The van der Waals surface area contributed by atoms with Gasteiger partial charge in [-0.2, -0.15) is 0 Å². The number of fused-ring (bicyclic) bond motifs is 1. The van der Waals surface area contributed by atoms with Gasteiger partial charge in [-0.3, -0.25) is 9.59 Å². The Kier molecular flexibility index (Phi) is 9.46. The highest BCUT2D eigenvalue weighted by atomic mass is 16.6. The fourth-order valence-electron chi connectivity index (χ4n) is 5.52. The molecule has 1 heterocycles. The molecule has 9 nitrogen and oxygen atoms in total. The third-order valence-corrected chi connectivity index (χ3v) is 7.71. The second-order valence-electron chi connectivity index (χ2n) is 12.0. The predicted molar refractivity (Wildman–Crippen MR) is 158 cm³/mol. The number of rotatable bonds is 9. The summed E-state index contributed by atoms with van der Waals surface area (Å²) < 4.78 is 16.5. The summed E-state index contributed by atoms with van der Waals surface area (Å²) in [5.74, 6) is 1.37. The fraction of sp³-hybridized carbons (Fsp3) is 0.531. The first-order valence-electron chi connectivity index (χ1n) is 14.4. The molecule has 1 fully saturated rings. The van der Waals surface area contributed by atoms with E-state index in [1.54, 1.807) is 7.11 Å². The van der Waals surface area contributed by atoms with Crippen LogP contribution in [0.1, 0.15) is 79.9 Å². The largest absolute Gasteiger partial charge is 0.496 e. The first-order chi connectivity index (χ1) is 19.4. The van der Waals surface area contributed by atoms with Crippen LogP contribution in [0.15, 0.2) is 30.3 Å². The molecule has 9 heteroatoms. The molecule has 1 aliphatic heterocycles. The SMILES string of the molecule is COc1cc(NC(=O)C2CCC(N3Cc4c(C)cc(OCCCNC(=O)OC(C)(C)C)cc4C3=O)CC2)ccc1C. The molecule has 0 aromatic heterocycles. The van der Waals surface area contributed by atoms with Gasteiger partial charge in [-0.05, 0) is 102 Å². The number of anilines is 1. The average molecular weight is 566 g/mol. The molecular formula is C32H43N3O6. The Bertz CT molecular complexity index is 1280. The van der Waals surface area contributed by atoms with E-state index in [9.17, 15) is 14.4 Å². The van der Waals surface area contributed by atoms with E-state index in [4.69, 9.17) is 14.2 Å². The van der Waals surface area contributed by atoms with Gasteiger partial charge in [-0.25, -0.2) is 4.79 Å². The van der Waals surface area contributed by atoms with Gasteiger partial charge < -0.3 is 29.7 Å². The normalized spacial score (nSPS) is 18.5. The first kappa shape index (κ1) is 30.2. The highest BCUT2D eigenvalue weighted by molar-refractivity contribution is 5.99. The van der Waals surface area contributed by atoms with Crippen molar-refractivity contribution in [1.29, 1.82) is 0 Å². The number of alkyl carbamates (subject to hydrolysis) is 1. The van der Waals surface area contributed by atoms with Crippen molar-refractivity contribution >= 4 is 23.6 Å². The van der Waals surface area contributed by atoms with Crippen molar-refractivity contribution in [3.63, 3.8) is 0 Å². The standard InChI is InChI=1S/C32H43N3O6/c1-20-8-11-23(17-28(20)39-6)34-29(36)22-9-12-24(13-10-22)35-19-27-21(2)16-25(18-26(27)30(35)37)40-15-7-14-33-31(38)41-32(3,4)5/h8,11,16-18,22,24H,7,9-10,12-15,19H2,1-6H3,(H,33,38)(H,34,36). The van der Waals surface area contributed by atoms with Gasteiger partial charge in [0.15, 0.2) is 0 Å². The van der Waals surface area contributed by atoms with Crippen LogP contribution in [-0.2, 0) is 16.1 Å². The molecule has 41 heavy (non-hydrogen) atoms. The maximum atomic E-state index is 13.4. The molecule has 2 N–H and O–H groups in total. The van der Waals surface area contributed by atoms with Crippen molar-refractivity contribution in [2.24, 2.45) is 5.92 Å². The molecule has 0 saturated heterocycles. The second kappa shape index (κ2) is 12.8. The maximum Gasteiger partial charge on any atom is 0.407 e. The van der Waals surface area contributed by atoms with E-state index in [2.05, 4.69) is 10.6 Å². The maximum absolute atomic E-state index is 13.4. The van der Waals surface area contributed by atoms with Gasteiger partial charge in [-0.1, -0.05) is 6.07 Å². The molecule has 2 aliphatic rings. The monoisotopic (exact) mass is 565 g/mol. The number of amides is 3. The summed E-state index contributed by atoms with van der Waals surface area (Å²) in [6.07, 6.45) is 3.24. The minimum atomic E-state index is -0.534. The number of aryl methyl sites for hydroxylation is 2. The highest BCUT2D eigenvalue weighted by Gasteiger charge is 2.37. The lowest BCUT2D eigenvalue weighted by Crippen LogP contribution is -2.40. The van der Waals surface area contributed by atoms with Crippen LogP contribution in [0.2, 0.25) is 0 Å². The van der Waals surface area contributed by atoms with Crippen molar-refractivity contribution in [1.82, 2.24) is 10.2 Å². The molecule has 222 valence electrons. The Morgan fingerprint density at radius 3 is 2.44 bits per heavy atom. The zero-order valence-corrected chi connectivity index (χ0v) is 25.1. The van der Waals surface area contributed by atoms with Crippen molar-refractivity contribution in [3.8, 4) is 11.5 Å². The number of nitrogens with one attached hydrogen (secondary N) is 2. The van der Waals surface area contributed by atoms with Crippen LogP contribution in [0.4, 0.5) is 10.5 Å². The van der Waals surface area contributed by atoms with E-state index in [1.165, 1.54) is 0 Å². The number of benzene rings is 2. The molecule has 1 aliphatic carbocycles. The molecule has 0 atom stereocenters. The zero-order valence-electron chi connectivity index (χ0n) is 25.1. The number of hydrogen-bond acceptors (Lipinski definition) is 6. The van der Waals surface area contributed by atoms with Gasteiger partial charge in [0, 0.05) is 42.4 Å². The third kappa shape index (κ3) is 7.71. The molecular weight excluding hydrogens is 522 g/mol. The number of nitrogens with zero attached hydrogens (tertiary/aromatic N) is 1. The number of carbonyl (C=O) groups excluding carboxylic acids is 3. The van der Waals surface area contributed by atoms with Crippen molar-refractivity contribution < 1.29 is 28.6 Å². The van der Waals surface area contributed by atoms with Crippen molar-refractivity contribution in [3.05, 3.63) is 52.6 Å². The van der Waals surface area contributed by atoms with Crippen LogP contribution in [0.5, 0.6) is 11.5 Å². The Morgan fingerprint density at radius 2 is 1.76 bits per heavy atom. The molecule has 3 amide bonds. The van der Waals surface area contributed by atoms with Crippen LogP contribution >= 0.6 is 0 Å². The van der Waals surface area contributed by atoms with Crippen LogP contribution in [-0.4, -0.2) is 54.7 Å². The third-order valence-electron chi connectivity index (χ3n) is 7.71. The molecule has 0 bridgehead atoms. The smallest absolute Gasteiger partial charge is 0.407 e. The number of methoxy groups -OCH3 is 1. The van der Waals surface area contributed by atoms with E-state index < -0.39 is 11.7 Å². The lowest BCUT2D eigenvalue weighted by molar-refractivity contribution is -0.121. The first-order valence-corrected chi connectivity index (χ1v) is 14.4. The summed E-state index contributed by atoms with van der Waals surface area (Å²) in [7, 11) is 1.62. The molecule has 1 saturated carbocycles. The summed E-state index contributed by atoms with van der Waals surface area (Å²) in [4.78, 5) is 40.1. The van der Waals surface area contributed by atoms with E-state index in [-0.39, 0.29) is 23.8 Å². The van der Waals surface area contributed by atoms with Crippen LogP contribution in [0.25, 0.3) is 0 Å². The summed E-state index contributed by atoms with van der Waals surface area (Å²) in [6.45, 7) is 10.9. The Balaban J connectivity index is 1.26. The summed E-state index contributed by atoms with van der Waals surface area (Å²) >= 11 is 0. The number of hydrogen-bond donors (Lipinski definition) is 2. The lowest BCUT2D eigenvalue weighted by Gasteiger charge is -2.34. The number of ether oxygens (including phenoxy) is 3. The molecule has 2 aromatic rings. The lowest BCUT2D eigenvalue weighted by atomic mass is 9.84. The summed E-state index contributed by atoms with van der Waals surface area (Å²) in [5, 5.41) is 5.76. The van der Waals surface area contributed by atoms with Crippen molar-refractivity contribution in [2.45, 2.75) is 84.9 Å². The molecule has 2 aromatic carbocycles. The van der Waals surface area contributed by atoms with Gasteiger partial charge in [-0.15, -0.1) is 0 Å². The Labute approximate surface area is 242 Å². The van der Waals surface area contributed by atoms with Gasteiger partial charge in [0.05, 0.1) is 13.7 Å². The minimum absolute atomic E-state index is 0.0179.